The van der Waals surface area contributed by atoms with Crippen molar-refractivity contribution in [2.24, 2.45) is 11.7 Å². The molecule has 20 heavy (non-hydrogen) atoms. The van der Waals surface area contributed by atoms with Crippen molar-refractivity contribution < 1.29 is 9.53 Å². The number of hydrogen-bond acceptors (Lipinski definition) is 3. The third kappa shape index (κ3) is 5.21. The van der Waals surface area contributed by atoms with Gasteiger partial charge in [0.2, 0.25) is 5.91 Å². The molecule has 0 aliphatic heterocycles. The molecule has 0 fully saturated rings. The highest BCUT2D eigenvalue weighted by molar-refractivity contribution is 5.78. The largest absolute Gasteiger partial charge is 0.489 e. The monoisotopic (exact) mass is 278 g/mol. The molecule has 3 N–H and O–H groups in total. The van der Waals surface area contributed by atoms with Crippen molar-refractivity contribution in [3.8, 4) is 5.75 Å². The van der Waals surface area contributed by atoms with Crippen LogP contribution in [0.3, 0.4) is 0 Å². The third-order valence-electron chi connectivity index (χ3n) is 3.45. The maximum absolute atomic E-state index is 11.9. The normalized spacial score (nSPS) is 15.2. The van der Waals surface area contributed by atoms with Crippen molar-refractivity contribution in [2.45, 2.75) is 46.3 Å². The summed E-state index contributed by atoms with van der Waals surface area (Å²) in [5, 5.41) is 2.91. The Morgan fingerprint density at radius 3 is 2.65 bits per heavy atom. The molecular weight excluding hydrogens is 252 g/mol. The molecule has 0 aliphatic carbocycles. The number of amides is 1. The number of hydrogen-bond donors (Lipinski definition) is 2. The standard InChI is InChI=1S/C16H26N2O2/c1-5-14(10-18-16(19)12(3)13(4)17)20-15-8-6-7-11(2)9-15/h6-9,12-14H,5,10,17H2,1-4H3,(H,18,19). The van der Waals surface area contributed by atoms with Gasteiger partial charge in [-0.2, -0.15) is 0 Å². The predicted octanol–water partition coefficient (Wildman–Crippen LogP) is 2.25. The molecule has 1 aromatic carbocycles. The molecule has 0 aromatic heterocycles. The molecule has 0 spiro atoms. The molecule has 1 amide bonds. The first kappa shape index (κ1) is 16.5. The lowest BCUT2D eigenvalue weighted by Gasteiger charge is -2.21. The average molecular weight is 278 g/mol. The van der Waals surface area contributed by atoms with Crippen LogP contribution in [-0.4, -0.2) is 24.6 Å². The van der Waals surface area contributed by atoms with Gasteiger partial charge in [0.25, 0.3) is 0 Å². The summed E-state index contributed by atoms with van der Waals surface area (Å²) in [6.45, 7) is 8.25. The van der Waals surface area contributed by atoms with Crippen molar-refractivity contribution in [2.75, 3.05) is 6.54 Å². The van der Waals surface area contributed by atoms with Gasteiger partial charge in [-0.15, -0.1) is 0 Å². The molecule has 0 radical (unpaired) electrons. The quantitative estimate of drug-likeness (QED) is 0.804. The number of benzene rings is 1. The summed E-state index contributed by atoms with van der Waals surface area (Å²) in [5.74, 6) is 0.629. The van der Waals surface area contributed by atoms with E-state index in [1.807, 2.05) is 52.0 Å². The minimum absolute atomic E-state index is 0.0220. The first-order valence-electron chi connectivity index (χ1n) is 7.20. The molecule has 0 saturated carbocycles. The Bertz CT molecular complexity index is 432. The van der Waals surface area contributed by atoms with Gasteiger partial charge in [-0.05, 0) is 38.0 Å². The molecule has 0 aliphatic rings. The van der Waals surface area contributed by atoms with E-state index >= 15 is 0 Å². The van der Waals surface area contributed by atoms with Gasteiger partial charge in [-0.25, -0.2) is 0 Å². The van der Waals surface area contributed by atoms with Crippen LogP contribution in [0, 0.1) is 12.8 Å². The van der Waals surface area contributed by atoms with Gasteiger partial charge in [-0.3, -0.25) is 4.79 Å². The van der Waals surface area contributed by atoms with Gasteiger partial charge in [0.15, 0.2) is 0 Å². The molecule has 1 rings (SSSR count). The lowest BCUT2D eigenvalue weighted by Crippen LogP contribution is -2.42. The Balaban J connectivity index is 2.50. The van der Waals surface area contributed by atoms with Crippen molar-refractivity contribution in [3.05, 3.63) is 29.8 Å². The van der Waals surface area contributed by atoms with E-state index in [1.165, 1.54) is 0 Å². The Hall–Kier alpha value is -1.55. The Morgan fingerprint density at radius 2 is 2.10 bits per heavy atom. The van der Waals surface area contributed by atoms with Crippen LogP contribution in [-0.2, 0) is 4.79 Å². The van der Waals surface area contributed by atoms with Crippen LogP contribution < -0.4 is 15.8 Å². The Labute approximate surface area is 121 Å². The molecule has 3 unspecified atom stereocenters. The summed E-state index contributed by atoms with van der Waals surface area (Å²) in [7, 11) is 0. The topological polar surface area (TPSA) is 64.4 Å². The van der Waals surface area contributed by atoms with Crippen molar-refractivity contribution in [1.29, 1.82) is 0 Å². The van der Waals surface area contributed by atoms with Gasteiger partial charge < -0.3 is 15.8 Å². The van der Waals surface area contributed by atoms with E-state index < -0.39 is 0 Å². The van der Waals surface area contributed by atoms with Crippen LogP contribution in [0.1, 0.15) is 32.8 Å². The van der Waals surface area contributed by atoms with Crippen LogP contribution in [0.2, 0.25) is 0 Å². The van der Waals surface area contributed by atoms with E-state index in [9.17, 15) is 4.79 Å². The molecule has 3 atom stereocenters. The molecular formula is C16H26N2O2. The smallest absolute Gasteiger partial charge is 0.224 e. The molecule has 0 heterocycles. The lowest BCUT2D eigenvalue weighted by atomic mass is 10.0. The van der Waals surface area contributed by atoms with Crippen LogP contribution in [0.4, 0.5) is 0 Å². The molecule has 112 valence electrons. The molecule has 4 nitrogen and oxygen atoms in total. The van der Waals surface area contributed by atoms with Gasteiger partial charge in [0, 0.05) is 12.0 Å². The number of aryl methyl sites for hydroxylation is 1. The maximum Gasteiger partial charge on any atom is 0.224 e. The van der Waals surface area contributed by atoms with Crippen LogP contribution in [0.15, 0.2) is 24.3 Å². The summed E-state index contributed by atoms with van der Waals surface area (Å²) < 4.78 is 5.89. The fourth-order valence-electron chi connectivity index (χ4n) is 1.76. The van der Waals surface area contributed by atoms with Gasteiger partial charge in [-0.1, -0.05) is 26.0 Å². The first-order valence-corrected chi connectivity index (χ1v) is 7.20. The zero-order valence-electron chi connectivity index (χ0n) is 12.8. The van der Waals surface area contributed by atoms with E-state index in [4.69, 9.17) is 10.5 Å². The second-order valence-corrected chi connectivity index (χ2v) is 5.36. The summed E-state index contributed by atoms with van der Waals surface area (Å²) in [6, 6.07) is 7.78. The van der Waals surface area contributed by atoms with Crippen molar-refractivity contribution >= 4 is 5.91 Å². The summed E-state index contributed by atoms with van der Waals surface area (Å²) in [4.78, 5) is 11.9. The van der Waals surface area contributed by atoms with E-state index in [0.717, 1.165) is 17.7 Å². The van der Waals surface area contributed by atoms with Crippen molar-refractivity contribution in [3.63, 3.8) is 0 Å². The third-order valence-corrected chi connectivity index (χ3v) is 3.45. The second-order valence-electron chi connectivity index (χ2n) is 5.36. The van der Waals surface area contributed by atoms with E-state index in [0.29, 0.717) is 6.54 Å². The SMILES string of the molecule is CCC(CNC(=O)C(C)C(C)N)Oc1cccc(C)c1. The van der Waals surface area contributed by atoms with E-state index in [-0.39, 0.29) is 24.0 Å². The summed E-state index contributed by atoms with van der Waals surface area (Å²) in [6.07, 6.45) is 0.807. The first-order chi connectivity index (χ1) is 9.43. The highest BCUT2D eigenvalue weighted by Gasteiger charge is 2.18. The number of carbonyl (C=O) groups is 1. The highest BCUT2D eigenvalue weighted by Crippen LogP contribution is 2.15. The fourth-order valence-corrected chi connectivity index (χ4v) is 1.76. The molecule has 1 aromatic rings. The van der Waals surface area contributed by atoms with Crippen molar-refractivity contribution in [1.82, 2.24) is 5.32 Å². The number of ether oxygens (including phenoxy) is 1. The number of nitrogens with one attached hydrogen (secondary N) is 1. The number of rotatable bonds is 7. The maximum atomic E-state index is 11.9. The van der Waals surface area contributed by atoms with Crippen LogP contribution in [0.5, 0.6) is 5.75 Å². The fraction of sp³-hybridized carbons (Fsp3) is 0.562. The van der Waals surface area contributed by atoms with Gasteiger partial charge >= 0.3 is 0 Å². The van der Waals surface area contributed by atoms with Gasteiger partial charge in [0.1, 0.15) is 11.9 Å². The van der Waals surface area contributed by atoms with E-state index in [2.05, 4.69) is 5.32 Å². The van der Waals surface area contributed by atoms with Crippen LogP contribution in [0.25, 0.3) is 0 Å². The lowest BCUT2D eigenvalue weighted by molar-refractivity contribution is -0.125. The zero-order chi connectivity index (χ0) is 15.1. The number of carbonyl (C=O) groups excluding carboxylic acids is 1. The van der Waals surface area contributed by atoms with Gasteiger partial charge in [0.05, 0.1) is 6.54 Å². The Morgan fingerprint density at radius 1 is 1.40 bits per heavy atom. The van der Waals surface area contributed by atoms with Crippen LogP contribution >= 0.6 is 0 Å². The Kier molecular flexibility index (Phi) is 6.52. The summed E-state index contributed by atoms with van der Waals surface area (Å²) in [5.41, 5.74) is 6.88. The minimum Gasteiger partial charge on any atom is -0.489 e. The zero-order valence-corrected chi connectivity index (χ0v) is 12.8. The average Bonchev–Trinajstić information content (AvgIpc) is 2.42. The second kappa shape index (κ2) is 7.90. The number of nitrogens with two attached hydrogens (primary N) is 1. The molecule has 0 saturated heterocycles. The van der Waals surface area contributed by atoms with E-state index in [1.54, 1.807) is 0 Å². The highest BCUT2D eigenvalue weighted by atomic mass is 16.5. The minimum atomic E-state index is -0.188. The molecule has 4 heteroatoms. The molecule has 0 bridgehead atoms. The predicted molar refractivity (Wildman–Crippen MR) is 81.7 cm³/mol. The summed E-state index contributed by atoms with van der Waals surface area (Å²) >= 11 is 0.